The van der Waals surface area contributed by atoms with Gasteiger partial charge in [0.15, 0.2) is 4.80 Å². The summed E-state index contributed by atoms with van der Waals surface area (Å²) in [5, 5.41) is 11.4. The topological polar surface area (TPSA) is 104 Å². The Kier molecular flexibility index (Phi) is 6.31. The molecule has 29 heavy (non-hydrogen) atoms. The number of benzene rings is 2. The van der Waals surface area contributed by atoms with Crippen LogP contribution < -0.4 is 4.80 Å². The van der Waals surface area contributed by atoms with Gasteiger partial charge in [0.2, 0.25) is 0 Å². The van der Waals surface area contributed by atoms with Crippen molar-refractivity contribution in [2.75, 3.05) is 6.61 Å². The van der Waals surface area contributed by atoms with E-state index < -0.39 is 16.8 Å². The van der Waals surface area contributed by atoms with E-state index in [1.54, 1.807) is 19.1 Å². The normalized spacial score (nSPS) is 11.6. The molecular weight excluding hydrogens is 441 g/mol. The number of nitrogens with zero attached hydrogens (tertiary/aromatic N) is 3. The third-order valence-corrected chi connectivity index (χ3v) is 5.67. The first kappa shape index (κ1) is 21.0. The minimum atomic E-state index is -0.694. The molecule has 3 aromatic rings. The second-order valence-electron chi connectivity index (χ2n) is 5.71. The highest BCUT2D eigenvalue weighted by molar-refractivity contribution is 7.16. The molecule has 0 saturated carbocycles. The molecule has 8 nitrogen and oxygen atoms in total. The number of thiazole rings is 1. The summed E-state index contributed by atoms with van der Waals surface area (Å²) >= 11 is 13.5. The summed E-state index contributed by atoms with van der Waals surface area (Å²) in [6.07, 6.45) is 0. The van der Waals surface area contributed by atoms with E-state index in [9.17, 15) is 19.7 Å². The van der Waals surface area contributed by atoms with E-state index in [-0.39, 0.29) is 39.2 Å². The molecule has 0 aliphatic heterocycles. The minimum absolute atomic E-state index is 0.0449. The molecule has 3 rings (SSSR count). The third-order valence-electron chi connectivity index (χ3n) is 3.83. The molecule has 0 N–H and O–H groups in total. The number of non-ortho nitro benzene ring substituents is 1. The Balaban J connectivity index is 2.16. The van der Waals surface area contributed by atoms with Crippen molar-refractivity contribution in [2.45, 2.75) is 13.5 Å². The number of hydrogen-bond donors (Lipinski definition) is 0. The predicted octanol–water partition coefficient (Wildman–Crippen LogP) is 4.22. The van der Waals surface area contributed by atoms with Crippen molar-refractivity contribution in [3.8, 4) is 0 Å². The van der Waals surface area contributed by atoms with Gasteiger partial charge in [-0.2, -0.15) is 4.99 Å². The lowest BCUT2D eigenvalue weighted by Gasteiger charge is -2.07. The van der Waals surface area contributed by atoms with Crippen LogP contribution in [0.25, 0.3) is 10.2 Å². The molecule has 0 aliphatic carbocycles. The van der Waals surface area contributed by atoms with E-state index in [2.05, 4.69) is 4.99 Å². The fraction of sp³-hybridized carbons (Fsp3) is 0.167. The highest BCUT2D eigenvalue weighted by Gasteiger charge is 2.17. The summed E-state index contributed by atoms with van der Waals surface area (Å²) < 4.78 is 7.10. The summed E-state index contributed by atoms with van der Waals surface area (Å²) in [5.41, 5.74) is 0.267. The number of aromatic nitrogens is 1. The second kappa shape index (κ2) is 8.73. The molecule has 2 aromatic carbocycles. The zero-order chi connectivity index (χ0) is 21.1. The molecule has 0 spiro atoms. The maximum Gasteiger partial charge on any atom is 0.326 e. The van der Waals surface area contributed by atoms with Gasteiger partial charge in [-0.05, 0) is 25.1 Å². The molecule has 0 bridgehead atoms. The fourth-order valence-electron chi connectivity index (χ4n) is 2.57. The lowest BCUT2D eigenvalue weighted by atomic mass is 10.2. The van der Waals surface area contributed by atoms with Gasteiger partial charge in [0, 0.05) is 17.7 Å². The number of rotatable bonds is 5. The number of amides is 1. The first-order valence-corrected chi connectivity index (χ1v) is 9.85. The molecule has 1 aromatic heterocycles. The van der Waals surface area contributed by atoms with E-state index in [0.717, 1.165) is 17.4 Å². The van der Waals surface area contributed by atoms with Gasteiger partial charge in [-0.3, -0.25) is 19.7 Å². The van der Waals surface area contributed by atoms with Gasteiger partial charge < -0.3 is 9.30 Å². The Hall–Kier alpha value is -2.75. The second-order valence-corrected chi connectivity index (χ2v) is 7.50. The zero-order valence-electron chi connectivity index (χ0n) is 14.9. The van der Waals surface area contributed by atoms with Crippen LogP contribution in [0, 0.1) is 10.1 Å². The number of ether oxygens (including phenoxy) is 1. The van der Waals surface area contributed by atoms with Crippen molar-refractivity contribution < 1.29 is 19.2 Å². The molecule has 0 radical (unpaired) electrons. The van der Waals surface area contributed by atoms with Gasteiger partial charge in [-0.1, -0.05) is 40.6 Å². The lowest BCUT2D eigenvalue weighted by Crippen LogP contribution is -2.23. The molecular formula is C18H13Cl2N3O5S. The Labute approximate surface area is 178 Å². The number of nitro benzene ring substituents is 1. The monoisotopic (exact) mass is 453 g/mol. The molecule has 0 atom stereocenters. The van der Waals surface area contributed by atoms with Gasteiger partial charge in [0.1, 0.15) is 6.54 Å². The summed E-state index contributed by atoms with van der Waals surface area (Å²) in [5.74, 6) is -1.23. The number of fused-ring (bicyclic) bond motifs is 1. The highest BCUT2D eigenvalue weighted by atomic mass is 35.5. The van der Waals surface area contributed by atoms with Crippen LogP contribution in [0.3, 0.4) is 0 Å². The summed E-state index contributed by atoms with van der Waals surface area (Å²) in [6.45, 7) is 1.64. The van der Waals surface area contributed by atoms with Gasteiger partial charge >= 0.3 is 5.97 Å². The van der Waals surface area contributed by atoms with Crippen molar-refractivity contribution in [1.29, 1.82) is 0 Å². The van der Waals surface area contributed by atoms with Crippen molar-refractivity contribution in [2.24, 2.45) is 4.99 Å². The average molecular weight is 454 g/mol. The summed E-state index contributed by atoms with van der Waals surface area (Å²) in [6, 6.07) is 8.54. The van der Waals surface area contributed by atoms with Crippen molar-refractivity contribution in [1.82, 2.24) is 4.57 Å². The predicted molar refractivity (Wildman–Crippen MR) is 109 cm³/mol. The summed E-state index contributed by atoms with van der Waals surface area (Å²) in [4.78, 5) is 39.3. The molecule has 11 heteroatoms. The third kappa shape index (κ3) is 4.47. The molecule has 0 unspecified atom stereocenters. The van der Waals surface area contributed by atoms with E-state index in [0.29, 0.717) is 10.2 Å². The molecule has 0 fully saturated rings. The van der Waals surface area contributed by atoms with Crippen LogP contribution in [0.5, 0.6) is 0 Å². The molecule has 1 heterocycles. The Morgan fingerprint density at radius 2 is 2.03 bits per heavy atom. The Morgan fingerprint density at radius 3 is 2.72 bits per heavy atom. The smallest absolute Gasteiger partial charge is 0.326 e. The average Bonchev–Trinajstić information content (AvgIpc) is 3.02. The molecule has 150 valence electrons. The van der Waals surface area contributed by atoms with Crippen LogP contribution in [-0.4, -0.2) is 28.0 Å². The lowest BCUT2D eigenvalue weighted by molar-refractivity contribution is -0.384. The van der Waals surface area contributed by atoms with Gasteiger partial charge in [0.25, 0.3) is 11.6 Å². The van der Waals surface area contributed by atoms with Crippen molar-refractivity contribution >= 4 is 62.3 Å². The van der Waals surface area contributed by atoms with Crippen LogP contribution in [0.15, 0.2) is 41.4 Å². The number of halogens is 2. The van der Waals surface area contributed by atoms with Crippen LogP contribution >= 0.6 is 34.5 Å². The largest absolute Gasteiger partial charge is 0.465 e. The standard InChI is InChI=1S/C18H13Cl2N3O5S/c1-2-28-14(24)9-22-16-13(7-6-12(19)15(16)20)29-18(22)21-17(25)10-4-3-5-11(8-10)23(26)27/h3-8H,2,9H2,1H3. The van der Waals surface area contributed by atoms with Crippen molar-refractivity contribution in [3.63, 3.8) is 0 Å². The first-order valence-electron chi connectivity index (χ1n) is 8.28. The number of carbonyl (C=O) groups excluding carboxylic acids is 2. The van der Waals surface area contributed by atoms with E-state index in [4.69, 9.17) is 27.9 Å². The molecule has 1 amide bonds. The maximum absolute atomic E-state index is 12.6. The first-order chi connectivity index (χ1) is 13.8. The van der Waals surface area contributed by atoms with E-state index in [1.165, 1.54) is 22.8 Å². The van der Waals surface area contributed by atoms with Crippen molar-refractivity contribution in [3.05, 3.63) is 66.9 Å². The minimum Gasteiger partial charge on any atom is -0.465 e. The van der Waals surface area contributed by atoms with Crippen LogP contribution in [-0.2, 0) is 16.1 Å². The van der Waals surface area contributed by atoms with E-state index in [1.807, 2.05) is 0 Å². The Morgan fingerprint density at radius 1 is 1.28 bits per heavy atom. The number of nitro groups is 1. The van der Waals surface area contributed by atoms with Crippen LogP contribution in [0.1, 0.15) is 17.3 Å². The van der Waals surface area contributed by atoms with E-state index >= 15 is 0 Å². The fourth-order valence-corrected chi connectivity index (χ4v) is 4.09. The van der Waals surface area contributed by atoms with Gasteiger partial charge in [-0.15, -0.1) is 0 Å². The summed E-state index contributed by atoms with van der Waals surface area (Å²) in [7, 11) is 0. The molecule has 0 saturated heterocycles. The maximum atomic E-state index is 12.6. The number of hydrogen-bond acceptors (Lipinski definition) is 6. The van der Waals surface area contributed by atoms with Gasteiger partial charge in [-0.25, -0.2) is 0 Å². The SMILES string of the molecule is CCOC(=O)Cn1c(=NC(=O)c2cccc([N+](=O)[O-])c2)sc2ccc(Cl)c(Cl)c21. The zero-order valence-corrected chi connectivity index (χ0v) is 17.3. The highest BCUT2D eigenvalue weighted by Crippen LogP contribution is 2.32. The van der Waals surface area contributed by atoms with Crippen LogP contribution in [0.4, 0.5) is 5.69 Å². The molecule has 0 aliphatic rings. The quantitative estimate of drug-likeness (QED) is 0.326. The number of carbonyl (C=O) groups is 2. The Bertz CT molecular complexity index is 1200. The number of esters is 1. The van der Waals surface area contributed by atoms with Gasteiger partial charge in [0.05, 0.1) is 31.8 Å². The van der Waals surface area contributed by atoms with Crippen LogP contribution in [0.2, 0.25) is 10.0 Å².